The molecule has 1 atom stereocenters. The Labute approximate surface area is 230 Å². The van der Waals surface area contributed by atoms with E-state index in [9.17, 15) is 0 Å². The van der Waals surface area contributed by atoms with Gasteiger partial charge in [0, 0.05) is 0 Å². The first kappa shape index (κ1) is 34.0. The van der Waals surface area contributed by atoms with E-state index in [1.807, 2.05) is 7.11 Å². The fraction of sp³-hybridized carbons (Fsp3) is 0.906. The molecule has 36 heavy (non-hydrogen) atoms. The maximum absolute atomic E-state index is 6.03. The second kappa shape index (κ2) is 19.1. The quantitative estimate of drug-likeness (QED) is 0.0964. The zero-order valence-electron chi connectivity index (χ0n) is 25.9. The molecule has 0 aliphatic rings. The van der Waals surface area contributed by atoms with E-state index in [0.717, 1.165) is 6.54 Å². The van der Waals surface area contributed by atoms with Gasteiger partial charge in [-0.2, -0.15) is 0 Å². The summed E-state index contributed by atoms with van der Waals surface area (Å²) >= 11 is -2.51. The monoisotopic (exact) mass is 612 g/mol. The van der Waals surface area contributed by atoms with Gasteiger partial charge in [-0.1, -0.05) is 20.8 Å². The van der Waals surface area contributed by atoms with Gasteiger partial charge >= 0.3 is 199 Å². The number of hydrogen-bond acceptors (Lipinski definition) is 2. The van der Waals surface area contributed by atoms with E-state index in [0.29, 0.717) is 11.5 Å². The number of hydrogen-bond donors (Lipinski definition) is 0. The molecule has 0 aliphatic heterocycles. The molecule has 0 saturated heterocycles. The van der Waals surface area contributed by atoms with Crippen LogP contribution in [0.4, 0.5) is 0 Å². The number of nitrogens with zero attached hydrogens (tertiary/aromatic N) is 2. The van der Waals surface area contributed by atoms with Gasteiger partial charge in [0.25, 0.3) is 0 Å². The van der Waals surface area contributed by atoms with Crippen LogP contribution in [0.2, 0.25) is 13.3 Å². The molecule has 0 saturated carbocycles. The Kier molecular flexibility index (Phi) is 18.0. The SMILES string of the molecule is CCC[CH2][Sn]([CH2]CCC)([CH2]CCC)[c]1cc(C)nn1CC(CCCCCCCCCC(C)(C)C)OC. The minimum atomic E-state index is -2.51. The van der Waals surface area contributed by atoms with Crippen LogP contribution in [0.15, 0.2) is 6.07 Å². The van der Waals surface area contributed by atoms with Gasteiger partial charge in [-0.05, 0) is 11.8 Å². The van der Waals surface area contributed by atoms with Gasteiger partial charge in [-0.3, -0.25) is 0 Å². The Balaban J connectivity index is 2.70. The van der Waals surface area contributed by atoms with E-state index in [-0.39, 0.29) is 0 Å². The molecule has 1 heterocycles. The van der Waals surface area contributed by atoms with Crippen molar-refractivity contribution in [2.24, 2.45) is 5.41 Å². The Hall–Kier alpha value is -0.0313. The first-order valence-corrected chi connectivity index (χ1v) is 23.3. The van der Waals surface area contributed by atoms with Crippen molar-refractivity contribution in [1.82, 2.24) is 9.78 Å². The predicted molar refractivity (Wildman–Crippen MR) is 163 cm³/mol. The van der Waals surface area contributed by atoms with E-state index >= 15 is 0 Å². The van der Waals surface area contributed by atoms with Crippen LogP contribution in [-0.2, 0) is 11.3 Å². The Morgan fingerprint density at radius 2 is 1.31 bits per heavy atom. The molecule has 1 rings (SSSR count). The zero-order chi connectivity index (χ0) is 26.9. The third kappa shape index (κ3) is 13.7. The van der Waals surface area contributed by atoms with E-state index in [1.54, 1.807) is 3.71 Å². The maximum atomic E-state index is 6.03. The first-order chi connectivity index (χ1) is 17.2. The van der Waals surface area contributed by atoms with Gasteiger partial charge in [-0.25, -0.2) is 0 Å². The van der Waals surface area contributed by atoms with Gasteiger partial charge in [0.1, 0.15) is 0 Å². The molecule has 0 fully saturated rings. The number of aryl methyl sites for hydroxylation is 1. The fourth-order valence-corrected chi connectivity index (χ4v) is 22.4. The molecule has 0 radical (unpaired) electrons. The molecule has 0 aromatic carbocycles. The molecule has 1 aromatic heterocycles. The van der Waals surface area contributed by atoms with E-state index in [4.69, 9.17) is 9.84 Å². The summed E-state index contributed by atoms with van der Waals surface area (Å²) in [7, 11) is 1.91. The normalized spacial score (nSPS) is 13.4. The van der Waals surface area contributed by atoms with Crippen molar-refractivity contribution in [3.8, 4) is 0 Å². The van der Waals surface area contributed by atoms with Crippen LogP contribution < -0.4 is 3.71 Å². The van der Waals surface area contributed by atoms with Crippen LogP contribution in [0.5, 0.6) is 0 Å². The molecule has 1 aromatic rings. The Morgan fingerprint density at radius 3 is 1.78 bits per heavy atom. The van der Waals surface area contributed by atoms with Gasteiger partial charge in [-0.15, -0.1) is 0 Å². The summed E-state index contributed by atoms with van der Waals surface area (Å²) < 4.78 is 14.7. The summed E-state index contributed by atoms with van der Waals surface area (Å²) in [5, 5.41) is 5.08. The second-order valence-corrected chi connectivity index (χ2v) is 25.9. The van der Waals surface area contributed by atoms with Crippen molar-refractivity contribution in [2.75, 3.05) is 7.11 Å². The van der Waals surface area contributed by atoms with Crippen molar-refractivity contribution >= 4 is 22.1 Å². The molecule has 0 bridgehead atoms. The topological polar surface area (TPSA) is 27.1 Å². The number of unbranched alkanes of at least 4 members (excludes halogenated alkanes) is 9. The van der Waals surface area contributed by atoms with Crippen LogP contribution in [0.25, 0.3) is 0 Å². The number of aromatic nitrogens is 2. The summed E-state index contributed by atoms with van der Waals surface area (Å²) in [5.41, 5.74) is 1.71. The first-order valence-electron chi connectivity index (χ1n) is 15.8. The summed E-state index contributed by atoms with van der Waals surface area (Å²) in [4.78, 5) is 0. The van der Waals surface area contributed by atoms with E-state index < -0.39 is 18.4 Å². The van der Waals surface area contributed by atoms with Crippen molar-refractivity contribution < 1.29 is 4.74 Å². The molecular weight excluding hydrogens is 547 g/mol. The summed E-state index contributed by atoms with van der Waals surface area (Å²) in [6.07, 6.45) is 20.6. The van der Waals surface area contributed by atoms with Crippen LogP contribution in [-0.4, -0.2) is 41.4 Å². The summed E-state index contributed by atoms with van der Waals surface area (Å²) in [6, 6.07) is 2.50. The van der Waals surface area contributed by atoms with Crippen LogP contribution in [0, 0.1) is 12.3 Å². The predicted octanol–water partition coefficient (Wildman–Crippen LogP) is 9.82. The molecule has 4 heteroatoms. The van der Waals surface area contributed by atoms with Crippen molar-refractivity contribution in [3.63, 3.8) is 0 Å². The van der Waals surface area contributed by atoms with Crippen LogP contribution in [0.1, 0.15) is 144 Å². The zero-order valence-corrected chi connectivity index (χ0v) is 28.7. The van der Waals surface area contributed by atoms with E-state index in [2.05, 4.69) is 59.2 Å². The third-order valence-electron chi connectivity index (χ3n) is 8.13. The number of methoxy groups -OCH3 is 1. The van der Waals surface area contributed by atoms with Gasteiger partial charge in [0.05, 0.1) is 0 Å². The molecule has 0 N–H and O–H groups in total. The molecular formula is C32H64N2OSn. The van der Waals surface area contributed by atoms with Crippen molar-refractivity contribution in [3.05, 3.63) is 11.8 Å². The number of ether oxygens (including phenoxy) is 1. The van der Waals surface area contributed by atoms with Crippen LogP contribution in [0.3, 0.4) is 0 Å². The van der Waals surface area contributed by atoms with Gasteiger partial charge < -0.3 is 0 Å². The third-order valence-corrected chi connectivity index (χ3v) is 23.6. The Morgan fingerprint density at radius 1 is 0.806 bits per heavy atom. The Bertz CT molecular complexity index is 642. The second-order valence-electron chi connectivity index (χ2n) is 12.9. The molecule has 212 valence electrons. The van der Waals surface area contributed by atoms with Gasteiger partial charge in [0.15, 0.2) is 0 Å². The molecule has 3 nitrogen and oxygen atoms in total. The summed E-state index contributed by atoms with van der Waals surface area (Å²) in [6.45, 7) is 17.3. The molecule has 0 aliphatic carbocycles. The standard InChI is InChI=1S/C20H37N2O.3C4H9.Sn/c1-18-14-16-22(21-18)17-19(23-5)13-11-9-7-6-8-10-12-15-20(2,3)4;3*1-3-4-2;/h14,19H,6-13,15,17H2,1-5H3;3*1,3-4H2,2H3;. The fourth-order valence-electron chi connectivity index (χ4n) is 5.80. The molecule has 0 spiro atoms. The van der Waals surface area contributed by atoms with Gasteiger partial charge in [0.2, 0.25) is 0 Å². The minimum absolute atomic E-state index is 0.294. The molecule has 0 amide bonds. The van der Waals surface area contributed by atoms with Crippen LogP contribution >= 0.6 is 0 Å². The average Bonchev–Trinajstić information content (AvgIpc) is 3.21. The summed E-state index contributed by atoms with van der Waals surface area (Å²) in [5.74, 6) is 0. The number of rotatable bonds is 22. The van der Waals surface area contributed by atoms with Crippen molar-refractivity contribution in [2.45, 2.75) is 171 Å². The van der Waals surface area contributed by atoms with Crippen molar-refractivity contribution in [1.29, 1.82) is 0 Å². The van der Waals surface area contributed by atoms with E-state index in [1.165, 1.54) is 115 Å². The molecule has 1 unspecified atom stereocenters. The average molecular weight is 612 g/mol.